The highest BCUT2D eigenvalue weighted by molar-refractivity contribution is 8.18. The highest BCUT2D eigenvalue weighted by Crippen LogP contribution is 2.19. The maximum absolute atomic E-state index is 12.2. The lowest BCUT2D eigenvalue weighted by Gasteiger charge is -2.05. The topological polar surface area (TPSA) is 119 Å². The standard InChI is InChI=1S/C25H48O8S12/c26-15-40-22-42-17-31-24(28)3-8-36-20-35-7-2-13-45(30)14-12-39-21-38-10-11-44-25(29)4-9-37-19-34-6-1-5-32-33-18-43-23-41-16-27/h26-27H,1-23H2. The Morgan fingerprint density at radius 3 is 1.84 bits per heavy atom. The molecule has 0 amide bonds. The maximum Gasteiger partial charge on any atom is 0.307 e. The zero-order valence-electron chi connectivity index (χ0n) is 25.5. The van der Waals surface area contributed by atoms with Crippen LogP contribution in [0.2, 0.25) is 0 Å². The lowest BCUT2D eigenvalue weighted by atomic mass is 10.5. The van der Waals surface area contributed by atoms with Crippen molar-refractivity contribution in [3.8, 4) is 0 Å². The molecule has 0 fully saturated rings. The normalized spacial score (nSPS) is 12.0. The Morgan fingerprint density at radius 1 is 0.556 bits per heavy atom. The summed E-state index contributed by atoms with van der Waals surface area (Å²) in [7, 11) is -0.765. The molecule has 0 saturated heterocycles. The van der Waals surface area contributed by atoms with E-state index in [2.05, 4.69) is 0 Å². The van der Waals surface area contributed by atoms with Crippen LogP contribution in [0.3, 0.4) is 0 Å². The molecule has 1 unspecified atom stereocenters. The molecule has 2 N–H and O–H groups in total. The zero-order valence-corrected chi connectivity index (χ0v) is 35.3. The van der Waals surface area contributed by atoms with Gasteiger partial charge in [0, 0.05) is 82.9 Å². The van der Waals surface area contributed by atoms with Gasteiger partial charge in [0.25, 0.3) is 0 Å². The van der Waals surface area contributed by atoms with Gasteiger partial charge in [0.1, 0.15) is 11.9 Å². The minimum Gasteiger partial charge on any atom is -0.455 e. The third-order valence-electron chi connectivity index (χ3n) is 4.56. The van der Waals surface area contributed by atoms with Crippen molar-refractivity contribution in [1.29, 1.82) is 0 Å². The van der Waals surface area contributed by atoms with Crippen LogP contribution >= 0.6 is 129 Å². The van der Waals surface area contributed by atoms with Gasteiger partial charge >= 0.3 is 5.97 Å². The smallest absolute Gasteiger partial charge is 0.307 e. The van der Waals surface area contributed by atoms with Crippen molar-refractivity contribution >= 4 is 151 Å². The second-order valence-corrected chi connectivity index (χ2v) is 23.2. The van der Waals surface area contributed by atoms with Crippen LogP contribution < -0.4 is 0 Å². The Morgan fingerprint density at radius 2 is 1.13 bits per heavy atom. The number of aliphatic hydroxyl groups is 2. The van der Waals surface area contributed by atoms with Crippen LogP contribution in [0.15, 0.2) is 0 Å². The largest absolute Gasteiger partial charge is 0.455 e. The average Bonchev–Trinajstić information content (AvgIpc) is 3.03. The number of rotatable bonds is 37. The van der Waals surface area contributed by atoms with Gasteiger partial charge in [-0.25, -0.2) is 9.78 Å². The van der Waals surface area contributed by atoms with Crippen molar-refractivity contribution in [2.24, 2.45) is 0 Å². The fourth-order valence-corrected chi connectivity index (χ4v) is 14.0. The van der Waals surface area contributed by atoms with Crippen molar-refractivity contribution in [2.45, 2.75) is 25.7 Å². The highest BCUT2D eigenvalue weighted by atomic mass is 32.2. The lowest BCUT2D eigenvalue weighted by Crippen LogP contribution is -2.06. The molecule has 0 rings (SSSR count). The molecule has 8 nitrogen and oxygen atoms in total. The van der Waals surface area contributed by atoms with Gasteiger partial charge in [-0.2, -0.15) is 70.6 Å². The summed E-state index contributed by atoms with van der Waals surface area (Å²) in [6, 6.07) is 0. The number of hydrogen-bond acceptors (Lipinski definition) is 19. The van der Waals surface area contributed by atoms with Gasteiger partial charge in [0.15, 0.2) is 5.12 Å². The van der Waals surface area contributed by atoms with Gasteiger partial charge in [-0.3, -0.25) is 13.8 Å². The molecule has 0 aliphatic rings. The van der Waals surface area contributed by atoms with Gasteiger partial charge in [0.05, 0.1) is 24.9 Å². The molecule has 0 aliphatic carbocycles. The van der Waals surface area contributed by atoms with Crippen LogP contribution in [0.5, 0.6) is 0 Å². The SMILES string of the molecule is O=C(CCSCSCCCS(=O)CCSCSCCSC(=O)CCSCSCCCOOCSCSCO)OCSCSCO. The Kier molecular flexibility index (Phi) is 44.1. The molecule has 1 atom stereocenters. The molecular formula is C25H48O8S12. The van der Waals surface area contributed by atoms with Crippen LogP contribution in [0.1, 0.15) is 25.7 Å². The third kappa shape index (κ3) is 41.3. The summed E-state index contributed by atoms with van der Waals surface area (Å²) >= 11 is 18.2. The summed E-state index contributed by atoms with van der Waals surface area (Å²) in [6.45, 7) is 0.578. The molecule has 0 aliphatic heterocycles. The summed E-state index contributed by atoms with van der Waals surface area (Å²) < 4.78 is 17.3. The van der Waals surface area contributed by atoms with Gasteiger partial charge in [-0.1, -0.05) is 11.8 Å². The second kappa shape index (κ2) is 41.4. The van der Waals surface area contributed by atoms with E-state index in [9.17, 15) is 13.8 Å². The Hall–Kier alpha value is 2.98. The number of esters is 1. The van der Waals surface area contributed by atoms with Gasteiger partial charge < -0.3 is 14.9 Å². The van der Waals surface area contributed by atoms with Gasteiger partial charge in [-0.05, 0) is 24.3 Å². The molecule has 0 aromatic heterocycles. The number of carbonyl (C=O) groups excluding carboxylic acids is 2. The van der Waals surface area contributed by atoms with E-state index in [1.807, 2.05) is 47.0 Å². The Bertz CT molecular complexity index is 688. The monoisotopic (exact) mass is 860 g/mol. The first-order valence-electron chi connectivity index (χ1n) is 14.0. The van der Waals surface area contributed by atoms with Crippen LogP contribution in [0.4, 0.5) is 0 Å². The Balaban J connectivity index is 3.30. The number of ether oxygens (including phenoxy) is 1. The molecular weight excluding hydrogens is 813 g/mol. The number of carbonyl (C=O) groups is 2. The summed E-state index contributed by atoms with van der Waals surface area (Å²) in [4.78, 5) is 33.8. The average molecular weight is 861 g/mol. The van der Waals surface area contributed by atoms with E-state index in [0.717, 1.165) is 85.0 Å². The van der Waals surface area contributed by atoms with Crippen molar-refractivity contribution in [3.63, 3.8) is 0 Å². The number of thioether (sulfide) groups is 11. The fourth-order valence-electron chi connectivity index (χ4n) is 2.49. The third-order valence-corrected chi connectivity index (χ3v) is 18.1. The van der Waals surface area contributed by atoms with Crippen molar-refractivity contribution in [2.75, 3.05) is 108 Å². The van der Waals surface area contributed by atoms with E-state index in [1.54, 1.807) is 35.3 Å². The van der Waals surface area contributed by atoms with E-state index in [0.29, 0.717) is 36.4 Å². The molecule has 268 valence electrons. The van der Waals surface area contributed by atoms with Crippen molar-refractivity contribution in [1.82, 2.24) is 0 Å². The van der Waals surface area contributed by atoms with Crippen molar-refractivity contribution < 1.29 is 38.5 Å². The number of hydrogen-bond donors (Lipinski definition) is 2. The summed E-state index contributed by atoms with van der Waals surface area (Å²) in [5.41, 5.74) is 0. The predicted molar refractivity (Wildman–Crippen MR) is 220 cm³/mol. The second-order valence-electron chi connectivity index (χ2n) is 8.08. The van der Waals surface area contributed by atoms with Crippen LogP contribution in [-0.2, 0) is 34.9 Å². The molecule has 20 heteroatoms. The summed E-state index contributed by atoms with van der Waals surface area (Å²) in [5, 5.41) is 22.0. The first kappa shape index (κ1) is 48.0. The molecule has 0 aromatic rings. The molecule has 0 spiro atoms. The first-order valence-corrected chi connectivity index (χ1v) is 28.0. The predicted octanol–water partition coefficient (Wildman–Crippen LogP) is 6.98. The van der Waals surface area contributed by atoms with Crippen LogP contribution in [-0.4, -0.2) is 133 Å². The maximum atomic E-state index is 12.2. The fraction of sp³-hybridized carbons (Fsp3) is 0.920. The van der Waals surface area contributed by atoms with E-state index >= 15 is 0 Å². The van der Waals surface area contributed by atoms with Gasteiger partial charge in [-0.15, -0.1) is 47.0 Å². The minimum atomic E-state index is -0.765. The summed E-state index contributed by atoms with van der Waals surface area (Å²) in [5.74, 6) is 8.66. The zero-order chi connectivity index (χ0) is 32.9. The first-order chi connectivity index (χ1) is 22.1. The molecule has 0 radical (unpaired) electrons. The quantitative estimate of drug-likeness (QED) is 0.0220. The molecule has 0 bridgehead atoms. The molecule has 0 saturated carbocycles. The minimum absolute atomic E-state index is 0.0844. The highest BCUT2D eigenvalue weighted by Gasteiger charge is 2.05. The van der Waals surface area contributed by atoms with E-state index < -0.39 is 10.8 Å². The van der Waals surface area contributed by atoms with Crippen LogP contribution in [0.25, 0.3) is 0 Å². The van der Waals surface area contributed by atoms with E-state index in [1.165, 1.54) is 47.0 Å². The Labute approximate surface area is 319 Å². The number of aliphatic hydroxyl groups excluding tert-OH is 2. The van der Waals surface area contributed by atoms with Gasteiger partial charge in [0.2, 0.25) is 0 Å². The van der Waals surface area contributed by atoms with Crippen molar-refractivity contribution in [3.05, 3.63) is 0 Å². The molecule has 0 aromatic carbocycles. The van der Waals surface area contributed by atoms with E-state index in [4.69, 9.17) is 24.7 Å². The van der Waals surface area contributed by atoms with Crippen LogP contribution in [0, 0.1) is 0 Å². The lowest BCUT2D eigenvalue weighted by molar-refractivity contribution is -0.278. The summed E-state index contributed by atoms with van der Waals surface area (Å²) in [6.07, 6.45) is 2.91. The molecule has 0 heterocycles. The molecule has 45 heavy (non-hydrogen) atoms. The van der Waals surface area contributed by atoms with E-state index in [-0.39, 0.29) is 23.0 Å².